The topological polar surface area (TPSA) is 54.5 Å². The van der Waals surface area contributed by atoms with Crippen molar-refractivity contribution in [3.8, 4) is 0 Å². The van der Waals surface area contributed by atoms with Gasteiger partial charge in [0.15, 0.2) is 0 Å². The lowest BCUT2D eigenvalue weighted by Gasteiger charge is -2.40. The van der Waals surface area contributed by atoms with Crippen LogP contribution < -0.4 is 5.32 Å². The maximum absolute atomic E-state index is 11.2. The monoisotopic (exact) mass is 393 g/mol. The molecule has 3 rings (SSSR count). The van der Waals surface area contributed by atoms with Crippen molar-refractivity contribution < 1.29 is 9.53 Å². The Hall–Kier alpha value is -2.50. The number of carbonyl (C=O) groups excluding carboxylic acids is 1. The van der Waals surface area contributed by atoms with E-state index < -0.39 is 0 Å². The van der Waals surface area contributed by atoms with Gasteiger partial charge in [-0.1, -0.05) is 24.3 Å². The molecule has 5 heteroatoms. The summed E-state index contributed by atoms with van der Waals surface area (Å²) >= 11 is 0. The zero-order valence-electron chi connectivity index (χ0n) is 17.4. The molecule has 1 N–H and O–H groups in total. The molecule has 1 aliphatic rings. The number of rotatable bonds is 8. The van der Waals surface area contributed by atoms with E-state index in [1.807, 2.05) is 36.5 Å². The Morgan fingerprint density at radius 1 is 1.21 bits per heavy atom. The van der Waals surface area contributed by atoms with Crippen molar-refractivity contribution in [3.63, 3.8) is 0 Å². The predicted octanol–water partition coefficient (Wildman–Crippen LogP) is 4.37. The predicted molar refractivity (Wildman–Crippen MR) is 117 cm³/mol. The van der Waals surface area contributed by atoms with Crippen LogP contribution in [0.4, 0.5) is 5.69 Å². The van der Waals surface area contributed by atoms with Crippen LogP contribution in [0.15, 0.2) is 54.7 Å². The number of carbonyl (C=O) groups is 1. The summed E-state index contributed by atoms with van der Waals surface area (Å²) in [5.41, 5.74) is 3.17. The van der Waals surface area contributed by atoms with Crippen LogP contribution in [0.1, 0.15) is 37.9 Å². The molecule has 1 fully saturated rings. The van der Waals surface area contributed by atoms with Crippen molar-refractivity contribution >= 4 is 17.7 Å². The maximum Gasteiger partial charge on any atom is 0.221 e. The Balaban J connectivity index is 1.59. The van der Waals surface area contributed by atoms with Gasteiger partial charge < -0.3 is 10.1 Å². The van der Waals surface area contributed by atoms with Crippen LogP contribution in [0, 0.1) is 5.41 Å². The molecule has 0 radical (unpaired) electrons. The number of amides is 1. The molecular formula is C24H31N3O2. The van der Waals surface area contributed by atoms with Gasteiger partial charge in [0.1, 0.15) is 0 Å². The minimum atomic E-state index is -0.0434. The molecule has 2 heterocycles. The summed E-state index contributed by atoms with van der Waals surface area (Å²) in [7, 11) is 0. The molecule has 0 unspecified atom stereocenters. The van der Waals surface area contributed by atoms with Gasteiger partial charge in [-0.2, -0.15) is 0 Å². The van der Waals surface area contributed by atoms with Gasteiger partial charge in [0, 0.05) is 37.4 Å². The van der Waals surface area contributed by atoms with Crippen molar-refractivity contribution in [2.24, 2.45) is 5.41 Å². The van der Waals surface area contributed by atoms with Gasteiger partial charge in [-0.15, -0.1) is 0 Å². The standard InChI is InChI=1S/C24H31N3O2/c1-3-29-19-24(12-11-22-6-4-5-15-25-22)13-16-27(17-14-24)18-21-7-9-23(10-8-21)26-20(2)28/h4-12,15H,3,13-14,16-19H2,1-2H3,(H,26,28)/b12-11+. The van der Waals surface area contributed by atoms with Crippen LogP contribution in [-0.2, 0) is 16.1 Å². The number of benzene rings is 1. The van der Waals surface area contributed by atoms with Gasteiger partial charge in [-0.25, -0.2) is 0 Å². The first-order chi connectivity index (χ1) is 14.1. The van der Waals surface area contributed by atoms with Crippen molar-refractivity contribution in [1.29, 1.82) is 0 Å². The van der Waals surface area contributed by atoms with Gasteiger partial charge in [-0.3, -0.25) is 14.7 Å². The molecule has 0 atom stereocenters. The average Bonchev–Trinajstić information content (AvgIpc) is 2.74. The number of ether oxygens (including phenoxy) is 1. The molecule has 1 aromatic carbocycles. The zero-order valence-corrected chi connectivity index (χ0v) is 17.4. The van der Waals surface area contributed by atoms with Gasteiger partial charge in [0.25, 0.3) is 0 Å². The van der Waals surface area contributed by atoms with E-state index in [-0.39, 0.29) is 11.3 Å². The maximum atomic E-state index is 11.2. The molecule has 0 saturated carbocycles. The fraction of sp³-hybridized carbons (Fsp3) is 0.417. The largest absolute Gasteiger partial charge is 0.381 e. The van der Waals surface area contributed by atoms with E-state index in [0.29, 0.717) is 0 Å². The number of nitrogens with zero attached hydrogens (tertiary/aromatic N) is 2. The molecule has 1 amide bonds. The Labute approximate surface area is 173 Å². The van der Waals surface area contributed by atoms with E-state index in [1.165, 1.54) is 12.5 Å². The molecule has 0 aliphatic carbocycles. The Kier molecular flexibility index (Phi) is 7.55. The summed E-state index contributed by atoms with van der Waals surface area (Å²) < 4.78 is 5.84. The summed E-state index contributed by atoms with van der Waals surface area (Å²) in [6.07, 6.45) is 8.41. The third-order valence-electron chi connectivity index (χ3n) is 5.42. The van der Waals surface area contributed by atoms with E-state index in [2.05, 4.69) is 46.4 Å². The smallest absolute Gasteiger partial charge is 0.221 e. The van der Waals surface area contributed by atoms with E-state index in [4.69, 9.17) is 4.74 Å². The molecule has 0 spiro atoms. The van der Waals surface area contributed by atoms with Crippen LogP contribution in [0.3, 0.4) is 0 Å². The van der Waals surface area contributed by atoms with Crippen molar-refractivity contribution in [1.82, 2.24) is 9.88 Å². The molecule has 5 nitrogen and oxygen atoms in total. The Morgan fingerprint density at radius 2 is 1.97 bits per heavy atom. The third-order valence-corrected chi connectivity index (χ3v) is 5.42. The highest BCUT2D eigenvalue weighted by Gasteiger charge is 2.32. The van der Waals surface area contributed by atoms with Crippen LogP contribution in [0.5, 0.6) is 0 Å². The number of hydrogen-bond acceptors (Lipinski definition) is 4. The molecular weight excluding hydrogens is 362 g/mol. The number of hydrogen-bond donors (Lipinski definition) is 1. The molecule has 1 aromatic heterocycles. The van der Waals surface area contributed by atoms with E-state index in [0.717, 1.165) is 57.1 Å². The van der Waals surface area contributed by atoms with Crippen LogP contribution in [-0.4, -0.2) is 42.1 Å². The highest BCUT2D eigenvalue weighted by molar-refractivity contribution is 5.88. The summed E-state index contributed by atoms with van der Waals surface area (Å²) in [5.74, 6) is -0.0434. The van der Waals surface area contributed by atoms with E-state index in [1.54, 1.807) is 0 Å². The number of nitrogens with one attached hydrogen (secondary N) is 1. The van der Waals surface area contributed by atoms with E-state index >= 15 is 0 Å². The quantitative estimate of drug-likeness (QED) is 0.723. The molecule has 1 saturated heterocycles. The minimum absolute atomic E-state index is 0.0434. The summed E-state index contributed by atoms with van der Waals surface area (Å²) in [6, 6.07) is 14.1. The first-order valence-corrected chi connectivity index (χ1v) is 10.4. The molecule has 0 bridgehead atoms. The lowest BCUT2D eigenvalue weighted by atomic mass is 9.78. The van der Waals surface area contributed by atoms with Gasteiger partial charge in [0.2, 0.25) is 5.91 Å². The number of pyridine rings is 1. The first kappa shape index (κ1) is 21.2. The van der Waals surface area contributed by atoms with E-state index in [9.17, 15) is 4.79 Å². The van der Waals surface area contributed by atoms with Crippen molar-refractivity contribution in [2.45, 2.75) is 33.2 Å². The molecule has 2 aromatic rings. The minimum Gasteiger partial charge on any atom is -0.381 e. The highest BCUT2D eigenvalue weighted by Crippen LogP contribution is 2.34. The van der Waals surface area contributed by atoms with Crippen LogP contribution in [0.2, 0.25) is 0 Å². The Bertz CT molecular complexity index is 795. The van der Waals surface area contributed by atoms with Gasteiger partial charge in [0.05, 0.1) is 12.3 Å². The number of likely N-dealkylation sites (tertiary alicyclic amines) is 1. The molecule has 1 aliphatic heterocycles. The lowest BCUT2D eigenvalue weighted by Crippen LogP contribution is -2.41. The number of aromatic nitrogens is 1. The fourth-order valence-corrected chi connectivity index (χ4v) is 3.71. The van der Waals surface area contributed by atoms with Gasteiger partial charge >= 0.3 is 0 Å². The van der Waals surface area contributed by atoms with Crippen molar-refractivity contribution in [2.75, 3.05) is 31.6 Å². The Morgan fingerprint density at radius 3 is 2.59 bits per heavy atom. The van der Waals surface area contributed by atoms with Crippen molar-refractivity contribution in [3.05, 3.63) is 66.0 Å². The second-order valence-electron chi connectivity index (χ2n) is 7.74. The fourth-order valence-electron chi connectivity index (χ4n) is 3.71. The zero-order chi connectivity index (χ0) is 20.5. The second kappa shape index (κ2) is 10.3. The summed E-state index contributed by atoms with van der Waals surface area (Å²) in [6.45, 7) is 8.07. The summed E-state index contributed by atoms with van der Waals surface area (Å²) in [5, 5.41) is 2.81. The van der Waals surface area contributed by atoms with Crippen LogP contribution in [0.25, 0.3) is 6.08 Å². The number of anilines is 1. The average molecular weight is 394 g/mol. The molecule has 154 valence electrons. The normalized spacial score (nSPS) is 16.8. The molecule has 29 heavy (non-hydrogen) atoms. The van der Waals surface area contributed by atoms with Gasteiger partial charge in [-0.05, 0) is 68.8 Å². The summed E-state index contributed by atoms with van der Waals surface area (Å²) in [4.78, 5) is 18.1. The SMILES string of the molecule is CCOCC1(/C=C/c2ccccn2)CCN(Cc2ccc(NC(C)=O)cc2)CC1. The number of piperidine rings is 1. The lowest BCUT2D eigenvalue weighted by molar-refractivity contribution is -0.114. The third kappa shape index (κ3) is 6.51. The highest BCUT2D eigenvalue weighted by atomic mass is 16.5. The first-order valence-electron chi connectivity index (χ1n) is 10.4. The second-order valence-corrected chi connectivity index (χ2v) is 7.74. The van der Waals surface area contributed by atoms with Crippen LogP contribution >= 0.6 is 0 Å².